The van der Waals surface area contributed by atoms with E-state index in [1.165, 1.54) is 18.6 Å². The van der Waals surface area contributed by atoms with Gasteiger partial charge in [0.15, 0.2) is 0 Å². The summed E-state index contributed by atoms with van der Waals surface area (Å²) in [7, 11) is 0. The van der Waals surface area contributed by atoms with Crippen molar-refractivity contribution < 1.29 is 9.53 Å². The van der Waals surface area contributed by atoms with E-state index >= 15 is 0 Å². The number of hydrogen-bond donors (Lipinski definition) is 3. The van der Waals surface area contributed by atoms with Gasteiger partial charge in [0, 0.05) is 41.8 Å². The van der Waals surface area contributed by atoms with Crippen LogP contribution in [0.4, 0.5) is 17.3 Å². The minimum absolute atomic E-state index is 0.130. The van der Waals surface area contributed by atoms with Gasteiger partial charge in [-0.1, -0.05) is 6.07 Å². The van der Waals surface area contributed by atoms with Crippen LogP contribution in [-0.4, -0.2) is 25.8 Å². The largest absolute Gasteiger partial charge is 0.457 e. The number of aromatic nitrogens is 4. The SMILES string of the molecule is NC(=O)c1cc(Oc2cccc(Nc3cc(-c4cccnc4N)ncn3)c2)ccn1. The minimum Gasteiger partial charge on any atom is -0.457 e. The fourth-order valence-electron chi connectivity index (χ4n) is 2.74. The van der Waals surface area contributed by atoms with Crippen LogP contribution < -0.4 is 21.5 Å². The summed E-state index contributed by atoms with van der Waals surface area (Å²) in [6.07, 6.45) is 4.54. The van der Waals surface area contributed by atoms with Crippen molar-refractivity contribution >= 4 is 23.2 Å². The van der Waals surface area contributed by atoms with Crippen molar-refractivity contribution in [3.05, 3.63) is 79.0 Å². The lowest BCUT2D eigenvalue weighted by Gasteiger charge is -2.10. The summed E-state index contributed by atoms with van der Waals surface area (Å²) in [5.74, 6) is 1.37. The highest BCUT2D eigenvalue weighted by molar-refractivity contribution is 5.91. The zero-order valence-electron chi connectivity index (χ0n) is 15.7. The number of nitrogens with zero attached hydrogens (tertiary/aromatic N) is 4. The fourth-order valence-corrected chi connectivity index (χ4v) is 2.74. The Balaban J connectivity index is 1.54. The molecule has 3 heterocycles. The van der Waals surface area contributed by atoms with Gasteiger partial charge < -0.3 is 21.5 Å². The number of nitrogens with one attached hydrogen (secondary N) is 1. The Hall–Kier alpha value is -4.53. The van der Waals surface area contributed by atoms with E-state index < -0.39 is 5.91 Å². The molecule has 1 amide bonds. The molecule has 0 aliphatic carbocycles. The third kappa shape index (κ3) is 4.30. The molecule has 30 heavy (non-hydrogen) atoms. The molecule has 0 bridgehead atoms. The minimum atomic E-state index is -0.621. The highest BCUT2D eigenvalue weighted by Crippen LogP contribution is 2.27. The normalized spacial score (nSPS) is 10.4. The fraction of sp³-hybridized carbons (Fsp3) is 0. The first kappa shape index (κ1) is 18.8. The Kier molecular flexibility index (Phi) is 5.16. The lowest BCUT2D eigenvalue weighted by atomic mass is 10.2. The molecule has 148 valence electrons. The van der Waals surface area contributed by atoms with E-state index in [0.717, 1.165) is 11.3 Å². The molecule has 0 aliphatic heterocycles. The predicted molar refractivity (Wildman–Crippen MR) is 112 cm³/mol. The number of ether oxygens (including phenoxy) is 1. The van der Waals surface area contributed by atoms with Gasteiger partial charge in [0.25, 0.3) is 5.91 Å². The van der Waals surface area contributed by atoms with Gasteiger partial charge in [-0.15, -0.1) is 0 Å². The van der Waals surface area contributed by atoms with E-state index in [9.17, 15) is 4.79 Å². The number of amides is 1. The molecule has 0 aliphatic rings. The molecular weight excluding hydrogens is 382 g/mol. The monoisotopic (exact) mass is 399 g/mol. The standard InChI is InChI=1S/C21H17N7O2/c22-20-16(5-2-7-25-20)17-11-19(27-12-26-17)28-13-3-1-4-14(9-13)30-15-6-8-24-18(10-15)21(23)29/h1-12H,(H2,22,25)(H2,23,29)(H,26,27,28). The third-order valence-electron chi connectivity index (χ3n) is 4.11. The van der Waals surface area contributed by atoms with Gasteiger partial charge in [0.1, 0.15) is 35.2 Å². The molecule has 4 aromatic rings. The number of anilines is 3. The van der Waals surface area contributed by atoms with E-state index in [2.05, 4.69) is 25.3 Å². The number of nitrogens with two attached hydrogens (primary N) is 2. The molecule has 0 saturated carbocycles. The van der Waals surface area contributed by atoms with E-state index in [0.29, 0.717) is 28.8 Å². The zero-order chi connectivity index (χ0) is 20.9. The van der Waals surface area contributed by atoms with Crippen molar-refractivity contribution in [1.82, 2.24) is 19.9 Å². The molecule has 9 heteroatoms. The maximum absolute atomic E-state index is 11.3. The first-order chi connectivity index (χ1) is 14.6. The topological polar surface area (TPSA) is 142 Å². The summed E-state index contributed by atoms with van der Waals surface area (Å²) in [6.45, 7) is 0. The molecule has 0 unspecified atom stereocenters. The Morgan fingerprint density at radius 3 is 2.60 bits per heavy atom. The van der Waals surface area contributed by atoms with Crippen molar-refractivity contribution in [3.8, 4) is 22.8 Å². The Morgan fingerprint density at radius 1 is 0.900 bits per heavy atom. The van der Waals surface area contributed by atoms with Crippen LogP contribution in [0.2, 0.25) is 0 Å². The number of pyridine rings is 2. The molecule has 9 nitrogen and oxygen atoms in total. The smallest absolute Gasteiger partial charge is 0.267 e. The van der Waals surface area contributed by atoms with E-state index in [4.69, 9.17) is 16.2 Å². The molecule has 0 radical (unpaired) electrons. The van der Waals surface area contributed by atoms with Gasteiger partial charge >= 0.3 is 0 Å². The lowest BCUT2D eigenvalue weighted by molar-refractivity contribution is 0.0995. The molecule has 1 aromatic carbocycles. The molecule has 0 spiro atoms. The molecule has 4 rings (SSSR count). The van der Waals surface area contributed by atoms with Crippen molar-refractivity contribution in [3.63, 3.8) is 0 Å². The van der Waals surface area contributed by atoms with Crippen molar-refractivity contribution in [1.29, 1.82) is 0 Å². The van der Waals surface area contributed by atoms with Crippen LogP contribution in [0.25, 0.3) is 11.3 Å². The molecule has 3 aromatic heterocycles. The van der Waals surface area contributed by atoms with Gasteiger partial charge in [-0.3, -0.25) is 9.78 Å². The van der Waals surface area contributed by atoms with Gasteiger partial charge in [-0.2, -0.15) is 0 Å². The van der Waals surface area contributed by atoms with Crippen LogP contribution in [-0.2, 0) is 0 Å². The second-order valence-corrected chi connectivity index (χ2v) is 6.22. The molecular formula is C21H17N7O2. The maximum Gasteiger partial charge on any atom is 0.267 e. The van der Waals surface area contributed by atoms with Crippen LogP contribution in [0.1, 0.15) is 10.5 Å². The summed E-state index contributed by atoms with van der Waals surface area (Å²) in [6, 6.07) is 15.8. The van der Waals surface area contributed by atoms with Crippen molar-refractivity contribution in [2.45, 2.75) is 0 Å². The average Bonchev–Trinajstić information content (AvgIpc) is 2.75. The molecule has 5 N–H and O–H groups in total. The number of nitrogen functional groups attached to an aromatic ring is 1. The first-order valence-corrected chi connectivity index (χ1v) is 8.92. The van der Waals surface area contributed by atoms with Gasteiger partial charge in [-0.25, -0.2) is 15.0 Å². The molecule has 0 atom stereocenters. The summed E-state index contributed by atoms with van der Waals surface area (Å²) < 4.78 is 5.81. The number of primary amides is 1. The second kappa shape index (κ2) is 8.23. The lowest BCUT2D eigenvalue weighted by Crippen LogP contribution is -2.12. The quantitative estimate of drug-likeness (QED) is 0.449. The summed E-state index contributed by atoms with van der Waals surface area (Å²) in [5, 5.41) is 3.21. The first-order valence-electron chi connectivity index (χ1n) is 8.92. The van der Waals surface area contributed by atoms with E-state index in [1.54, 1.807) is 36.5 Å². The summed E-state index contributed by atoms with van der Waals surface area (Å²) in [5.41, 5.74) is 13.5. The van der Waals surface area contributed by atoms with Gasteiger partial charge in [0.05, 0.1) is 5.69 Å². The maximum atomic E-state index is 11.3. The highest BCUT2D eigenvalue weighted by Gasteiger charge is 2.08. The van der Waals surface area contributed by atoms with Gasteiger partial charge in [0.2, 0.25) is 0 Å². The van der Waals surface area contributed by atoms with Crippen molar-refractivity contribution in [2.75, 3.05) is 11.1 Å². The number of hydrogen-bond acceptors (Lipinski definition) is 8. The number of carbonyl (C=O) groups is 1. The summed E-state index contributed by atoms with van der Waals surface area (Å²) in [4.78, 5) is 27.8. The van der Waals surface area contributed by atoms with Crippen LogP contribution in [0.5, 0.6) is 11.5 Å². The Bertz CT molecular complexity index is 1210. The van der Waals surface area contributed by atoms with Crippen LogP contribution in [0.3, 0.4) is 0 Å². The third-order valence-corrected chi connectivity index (χ3v) is 4.11. The predicted octanol–water partition coefficient (Wildman–Crippen LogP) is 3.15. The van der Waals surface area contributed by atoms with Crippen LogP contribution >= 0.6 is 0 Å². The van der Waals surface area contributed by atoms with Gasteiger partial charge in [-0.05, 0) is 30.3 Å². The van der Waals surface area contributed by atoms with Crippen LogP contribution in [0.15, 0.2) is 73.3 Å². The van der Waals surface area contributed by atoms with E-state index in [1.807, 2.05) is 18.2 Å². The van der Waals surface area contributed by atoms with Crippen molar-refractivity contribution in [2.24, 2.45) is 5.73 Å². The highest BCUT2D eigenvalue weighted by atomic mass is 16.5. The summed E-state index contributed by atoms with van der Waals surface area (Å²) >= 11 is 0. The average molecular weight is 399 g/mol. The second-order valence-electron chi connectivity index (χ2n) is 6.22. The Morgan fingerprint density at radius 2 is 1.77 bits per heavy atom. The Labute approximate surface area is 171 Å². The zero-order valence-corrected chi connectivity index (χ0v) is 15.7. The van der Waals surface area contributed by atoms with E-state index in [-0.39, 0.29) is 5.69 Å². The number of carbonyl (C=O) groups excluding carboxylic acids is 1. The molecule has 0 saturated heterocycles. The molecule has 0 fully saturated rings. The number of rotatable bonds is 6. The van der Waals surface area contributed by atoms with Crippen LogP contribution in [0, 0.1) is 0 Å². The number of benzene rings is 1.